The quantitative estimate of drug-likeness (QED) is 0.458. The van der Waals surface area contributed by atoms with Crippen LogP contribution < -0.4 is 20.9 Å². The lowest BCUT2D eigenvalue weighted by atomic mass is 10.1. The molecule has 0 radical (unpaired) electrons. The van der Waals surface area contributed by atoms with Gasteiger partial charge in [-0.05, 0) is 41.9 Å². The Kier molecular flexibility index (Phi) is 7.75. The zero-order valence-electron chi connectivity index (χ0n) is 14.8. The van der Waals surface area contributed by atoms with E-state index in [-0.39, 0.29) is 19.1 Å². The van der Waals surface area contributed by atoms with Gasteiger partial charge in [0, 0.05) is 6.54 Å². The predicted octanol–water partition coefficient (Wildman–Crippen LogP) is 0.794. The number of hydrogen-bond donors (Lipinski definition) is 3. The summed E-state index contributed by atoms with van der Waals surface area (Å²) in [5.74, 6) is 1.34. The lowest BCUT2D eigenvalue weighted by Gasteiger charge is -2.12. The van der Waals surface area contributed by atoms with Crippen molar-refractivity contribution in [3.8, 4) is 5.75 Å². The van der Waals surface area contributed by atoms with Gasteiger partial charge in [0.2, 0.25) is 5.82 Å². The minimum Gasteiger partial charge on any atom is -0.485 e. The van der Waals surface area contributed by atoms with Crippen LogP contribution in [-0.4, -0.2) is 37.8 Å². The molecule has 0 bridgehead atoms. The third-order valence-electron chi connectivity index (χ3n) is 3.21. The van der Waals surface area contributed by atoms with Gasteiger partial charge in [-0.3, -0.25) is 15.6 Å². The minimum absolute atomic E-state index is 0.0834. The molecule has 1 amide bonds. The molecule has 0 spiro atoms. The molecule has 1 heterocycles. The van der Waals surface area contributed by atoms with Crippen molar-refractivity contribution in [1.82, 2.24) is 36.4 Å². The Labute approximate surface area is 157 Å². The van der Waals surface area contributed by atoms with E-state index in [0.717, 1.165) is 13.0 Å². The van der Waals surface area contributed by atoms with Crippen molar-refractivity contribution in [2.75, 3.05) is 6.54 Å². The van der Waals surface area contributed by atoms with Gasteiger partial charge in [0.15, 0.2) is 11.7 Å². The molecular weight excluding hydrogens is 354 g/mol. The molecule has 26 heavy (non-hydrogen) atoms. The van der Waals surface area contributed by atoms with Crippen LogP contribution in [0.25, 0.3) is 0 Å². The molecular formula is C16H23N7O2S. The number of carbonyl (C=O) groups is 1. The maximum atomic E-state index is 11.9. The predicted molar refractivity (Wildman–Crippen MR) is 99.9 cm³/mol. The number of carbonyl (C=O) groups excluding carboxylic acids is 1. The standard InChI is InChI=1S/C16H23N7O2S/c1-12(2)8-9-17-16(26)20-19-15(24)10-23-21-14(18-22-23)11-25-13-6-4-3-5-7-13/h3-7,12H,8-11H2,1-2H3,(H,19,24)(H2,17,20,26). The molecule has 0 saturated carbocycles. The highest BCUT2D eigenvalue weighted by atomic mass is 32.1. The van der Waals surface area contributed by atoms with E-state index in [1.165, 1.54) is 4.80 Å². The monoisotopic (exact) mass is 377 g/mol. The molecule has 2 aromatic rings. The second kappa shape index (κ2) is 10.3. The third-order valence-corrected chi connectivity index (χ3v) is 3.46. The van der Waals surface area contributed by atoms with Crippen LogP contribution in [0.1, 0.15) is 26.1 Å². The van der Waals surface area contributed by atoms with Gasteiger partial charge < -0.3 is 10.1 Å². The molecule has 0 unspecified atom stereocenters. The van der Waals surface area contributed by atoms with E-state index in [0.29, 0.717) is 22.6 Å². The number of nitrogens with zero attached hydrogens (tertiary/aromatic N) is 4. The number of para-hydroxylation sites is 1. The summed E-state index contributed by atoms with van der Waals surface area (Å²) in [7, 11) is 0. The van der Waals surface area contributed by atoms with Crippen LogP contribution in [0, 0.1) is 5.92 Å². The molecule has 1 aromatic heterocycles. The number of nitrogens with one attached hydrogen (secondary N) is 3. The molecule has 3 N–H and O–H groups in total. The maximum absolute atomic E-state index is 11.9. The number of thiocarbonyl (C=S) groups is 1. The molecule has 10 heteroatoms. The van der Waals surface area contributed by atoms with E-state index in [9.17, 15) is 4.79 Å². The van der Waals surface area contributed by atoms with E-state index in [1.54, 1.807) is 0 Å². The summed E-state index contributed by atoms with van der Waals surface area (Å²) in [5.41, 5.74) is 5.12. The van der Waals surface area contributed by atoms with Crippen molar-refractivity contribution < 1.29 is 9.53 Å². The minimum atomic E-state index is -0.342. The topological polar surface area (TPSA) is 106 Å². The van der Waals surface area contributed by atoms with E-state index in [4.69, 9.17) is 17.0 Å². The van der Waals surface area contributed by atoms with Crippen molar-refractivity contribution >= 4 is 23.2 Å². The molecule has 2 rings (SSSR count). The van der Waals surface area contributed by atoms with Crippen LogP contribution >= 0.6 is 12.2 Å². The number of hydrazine groups is 1. The lowest BCUT2D eigenvalue weighted by molar-refractivity contribution is -0.122. The summed E-state index contributed by atoms with van der Waals surface area (Å²) in [6, 6.07) is 9.32. The Morgan fingerprint density at radius 2 is 2.04 bits per heavy atom. The molecule has 0 atom stereocenters. The first-order valence-electron chi connectivity index (χ1n) is 8.30. The summed E-state index contributed by atoms with van der Waals surface area (Å²) in [4.78, 5) is 13.1. The summed E-state index contributed by atoms with van der Waals surface area (Å²) >= 11 is 5.07. The Morgan fingerprint density at radius 3 is 2.77 bits per heavy atom. The smallest absolute Gasteiger partial charge is 0.262 e. The van der Waals surface area contributed by atoms with Crippen molar-refractivity contribution in [3.63, 3.8) is 0 Å². The molecule has 1 aromatic carbocycles. The van der Waals surface area contributed by atoms with Gasteiger partial charge in [0.1, 0.15) is 12.3 Å². The number of hydrogen-bond acceptors (Lipinski definition) is 6. The van der Waals surface area contributed by atoms with E-state index >= 15 is 0 Å². The van der Waals surface area contributed by atoms with Crippen LogP contribution in [0.5, 0.6) is 5.75 Å². The van der Waals surface area contributed by atoms with Gasteiger partial charge in [-0.1, -0.05) is 32.0 Å². The lowest BCUT2D eigenvalue weighted by Crippen LogP contribution is -2.48. The highest BCUT2D eigenvalue weighted by Gasteiger charge is 2.08. The van der Waals surface area contributed by atoms with E-state index in [2.05, 4.69) is 45.4 Å². The molecule has 0 aliphatic carbocycles. The molecule has 0 aliphatic heterocycles. The van der Waals surface area contributed by atoms with Gasteiger partial charge >= 0.3 is 0 Å². The normalized spacial score (nSPS) is 10.4. The Bertz CT molecular complexity index is 706. The number of ether oxygens (including phenoxy) is 1. The highest BCUT2D eigenvalue weighted by molar-refractivity contribution is 7.80. The van der Waals surface area contributed by atoms with Gasteiger partial charge in [-0.2, -0.15) is 4.80 Å². The van der Waals surface area contributed by atoms with Crippen LogP contribution in [0.2, 0.25) is 0 Å². The van der Waals surface area contributed by atoms with Crippen molar-refractivity contribution in [1.29, 1.82) is 0 Å². The van der Waals surface area contributed by atoms with Crippen molar-refractivity contribution in [2.24, 2.45) is 5.92 Å². The Hall–Kier alpha value is -2.75. The first-order valence-corrected chi connectivity index (χ1v) is 8.71. The van der Waals surface area contributed by atoms with Gasteiger partial charge in [0.05, 0.1) is 0 Å². The maximum Gasteiger partial charge on any atom is 0.262 e. The number of benzene rings is 1. The zero-order chi connectivity index (χ0) is 18.8. The first-order chi connectivity index (χ1) is 12.5. The SMILES string of the molecule is CC(C)CCNC(=S)NNC(=O)Cn1nnc(COc2ccccc2)n1. The fourth-order valence-electron chi connectivity index (χ4n) is 1.88. The average molecular weight is 377 g/mol. The zero-order valence-corrected chi connectivity index (χ0v) is 15.6. The number of amides is 1. The first kappa shape index (κ1) is 19.6. The van der Waals surface area contributed by atoms with Gasteiger partial charge in [-0.15, -0.1) is 10.2 Å². The number of rotatable bonds is 8. The summed E-state index contributed by atoms with van der Waals surface area (Å²) < 4.78 is 5.53. The van der Waals surface area contributed by atoms with E-state index in [1.807, 2.05) is 30.3 Å². The second-order valence-corrected chi connectivity index (χ2v) is 6.36. The van der Waals surface area contributed by atoms with Gasteiger partial charge in [-0.25, -0.2) is 0 Å². The fourth-order valence-corrected chi connectivity index (χ4v) is 2.03. The summed E-state index contributed by atoms with van der Waals surface area (Å²) in [5, 5.41) is 15.1. The third kappa shape index (κ3) is 7.43. The second-order valence-electron chi connectivity index (χ2n) is 5.95. The Balaban J connectivity index is 1.67. The van der Waals surface area contributed by atoms with Crippen LogP contribution in [-0.2, 0) is 17.9 Å². The molecule has 0 fully saturated rings. The molecule has 9 nitrogen and oxygen atoms in total. The fraction of sp³-hybridized carbons (Fsp3) is 0.438. The van der Waals surface area contributed by atoms with Gasteiger partial charge in [0.25, 0.3) is 5.91 Å². The summed E-state index contributed by atoms with van der Waals surface area (Å²) in [6.45, 7) is 5.09. The molecule has 0 aliphatic rings. The number of aromatic nitrogens is 4. The average Bonchev–Trinajstić information content (AvgIpc) is 3.06. The van der Waals surface area contributed by atoms with Crippen LogP contribution in [0.3, 0.4) is 0 Å². The van der Waals surface area contributed by atoms with Crippen LogP contribution in [0.4, 0.5) is 0 Å². The molecule has 140 valence electrons. The Morgan fingerprint density at radius 1 is 1.27 bits per heavy atom. The van der Waals surface area contributed by atoms with E-state index < -0.39 is 0 Å². The highest BCUT2D eigenvalue weighted by Crippen LogP contribution is 2.09. The largest absolute Gasteiger partial charge is 0.485 e. The van der Waals surface area contributed by atoms with Crippen molar-refractivity contribution in [2.45, 2.75) is 33.4 Å². The van der Waals surface area contributed by atoms with Crippen molar-refractivity contribution in [3.05, 3.63) is 36.2 Å². The van der Waals surface area contributed by atoms with Crippen LogP contribution in [0.15, 0.2) is 30.3 Å². The number of tetrazole rings is 1. The molecule has 0 saturated heterocycles. The summed E-state index contributed by atoms with van der Waals surface area (Å²) in [6.07, 6.45) is 0.993.